The van der Waals surface area contributed by atoms with E-state index in [0.29, 0.717) is 12.0 Å². The van der Waals surface area contributed by atoms with Gasteiger partial charge in [-0.3, -0.25) is 4.98 Å². The quantitative estimate of drug-likeness (QED) is 0.773. The van der Waals surface area contributed by atoms with Crippen LogP contribution in [0.2, 0.25) is 0 Å². The van der Waals surface area contributed by atoms with Crippen molar-refractivity contribution in [3.05, 3.63) is 42.1 Å². The Morgan fingerprint density at radius 1 is 1.00 bits per heavy atom. The summed E-state index contributed by atoms with van der Waals surface area (Å²) in [7, 11) is 0. The topological polar surface area (TPSA) is 38.9 Å². The number of hydrogen-bond donors (Lipinski definition) is 1. The highest BCUT2D eigenvalue weighted by Crippen LogP contribution is 2.34. The van der Waals surface area contributed by atoms with Gasteiger partial charge >= 0.3 is 0 Å². The average molecular weight is 240 g/mol. The molecule has 0 spiro atoms. The van der Waals surface area contributed by atoms with Crippen LogP contribution in [0.15, 0.2) is 36.5 Å². The lowest BCUT2D eigenvalue weighted by molar-refractivity contribution is 0.508. The first kappa shape index (κ1) is 11.7. The molecular formula is C16H20N2. The molecule has 1 saturated carbocycles. The lowest BCUT2D eigenvalue weighted by atomic mass is 9.86. The van der Waals surface area contributed by atoms with Crippen LogP contribution in [0.1, 0.15) is 43.6 Å². The zero-order chi connectivity index (χ0) is 12.4. The summed E-state index contributed by atoms with van der Waals surface area (Å²) < 4.78 is 0. The maximum Gasteiger partial charge on any atom is 0.0704 e. The minimum atomic E-state index is 0.304. The number of fused-ring (bicyclic) bond motifs is 1. The smallest absolute Gasteiger partial charge is 0.0704 e. The molecule has 0 amide bonds. The summed E-state index contributed by atoms with van der Waals surface area (Å²) in [5, 5.41) is 1.28. The van der Waals surface area contributed by atoms with Gasteiger partial charge in [-0.25, -0.2) is 0 Å². The number of hydrogen-bond acceptors (Lipinski definition) is 2. The molecule has 18 heavy (non-hydrogen) atoms. The van der Waals surface area contributed by atoms with Crippen molar-refractivity contribution in [2.75, 3.05) is 0 Å². The van der Waals surface area contributed by atoms with E-state index in [1.807, 2.05) is 12.3 Å². The molecule has 0 saturated heterocycles. The summed E-state index contributed by atoms with van der Waals surface area (Å²) in [5.74, 6) is 0.500. The van der Waals surface area contributed by atoms with Crippen molar-refractivity contribution in [2.24, 2.45) is 5.73 Å². The van der Waals surface area contributed by atoms with Gasteiger partial charge in [-0.05, 0) is 36.5 Å². The molecule has 2 aromatic rings. The first-order valence-corrected chi connectivity index (χ1v) is 6.95. The van der Waals surface area contributed by atoms with E-state index in [2.05, 4.69) is 29.2 Å². The van der Waals surface area contributed by atoms with Gasteiger partial charge in [0.1, 0.15) is 0 Å². The summed E-state index contributed by atoms with van der Waals surface area (Å²) in [4.78, 5) is 4.44. The predicted molar refractivity (Wildman–Crippen MR) is 75.5 cm³/mol. The van der Waals surface area contributed by atoms with Crippen LogP contribution in [0, 0.1) is 0 Å². The van der Waals surface area contributed by atoms with Crippen molar-refractivity contribution in [3.63, 3.8) is 0 Å². The normalized spacial score (nSPS) is 24.9. The van der Waals surface area contributed by atoms with Crippen LogP contribution < -0.4 is 5.73 Å². The van der Waals surface area contributed by atoms with Gasteiger partial charge in [0.2, 0.25) is 0 Å². The van der Waals surface area contributed by atoms with Crippen LogP contribution in [-0.2, 0) is 0 Å². The summed E-state index contributed by atoms with van der Waals surface area (Å²) in [6.45, 7) is 0. The molecule has 2 atom stereocenters. The molecule has 2 N–H and O–H groups in total. The van der Waals surface area contributed by atoms with Crippen LogP contribution >= 0.6 is 0 Å². The molecule has 0 aliphatic heterocycles. The van der Waals surface area contributed by atoms with Crippen molar-refractivity contribution in [3.8, 4) is 0 Å². The fourth-order valence-corrected chi connectivity index (χ4v) is 3.17. The molecule has 0 radical (unpaired) electrons. The van der Waals surface area contributed by atoms with Gasteiger partial charge in [0, 0.05) is 17.6 Å². The van der Waals surface area contributed by atoms with Crippen LogP contribution in [0.3, 0.4) is 0 Å². The molecule has 2 heteroatoms. The standard InChI is InChI=1S/C16H20N2/c17-15-9-3-1-2-6-13(15)12-7-4-10-16-14(12)8-5-11-18-16/h4-5,7-8,10-11,13,15H,1-3,6,9,17H2. The second-order valence-electron chi connectivity index (χ2n) is 5.33. The Kier molecular flexibility index (Phi) is 3.28. The Hall–Kier alpha value is -1.41. The Morgan fingerprint density at radius 2 is 1.89 bits per heavy atom. The van der Waals surface area contributed by atoms with E-state index in [9.17, 15) is 0 Å². The Morgan fingerprint density at radius 3 is 2.83 bits per heavy atom. The van der Waals surface area contributed by atoms with Crippen molar-refractivity contribution >= 4 is 10.9 Å². The van der Waals surface area contributed by atoms with Gasteiger partial charge in [-0.15, -0.1) is 0 Å². The molecular weight excluding hydrogens is 220 g/mol. The molecule has 1 aromatic carbocycles. The number of aromatic nitrogens is 1. The zero-order valence-corrected chi connectivity index (χ0v) is 10.7. The van der Waals surface area contributed by atoms with E-state index in [4.69, 9.17) is 5.73 Å². The number of benzene rings is 1. The molecule has 2 unspecified atom stereocenters. The average Bonchev–Trinajstić information content (AvgIpc) is 2.63. The molecule has 2 nitrogen and oxygen atoms in total. The Labute approximate surface area is 108 Å². The van der Waals surface area contributed by atoms with E-state index >= 15 is 0 Å². The molecule has 1 heterocycles. The summed E-state index contributed by atoms with van der Waals surface area (Å²) in [6.07, 6.45) is 8.14. The minimum Gasteiger partial charge on any atom is -0.327 e. The lowest BCUT2D eigenvalue weighted by Gasteiger charge is -2.23. The molecule has 1 aliphatic rings. The van der Waals surface area contributed by atoms with Crippen molar-refractivity contribution in [1.29, 1.82) is 0 Å². The van der Waals surface area contributed by atoms with Gasteiger partial charge in [0.15, 0.2) is 0 Å². The Balaban J connectivity index is 2.07. The molecule has 94 valence electrons. The van der Waals surface area contributed by atoms with E-state index in [1.165, 1.54) is 36.6 Å². The van der Waals surface area contributed by atoms with Gasteiger partial charge in [-0.1, -0.05) is 37.5 Å². The second-order valence-corrected chi connectivity index (χ2v) is 5.33. The first-order chi connectivity index (χ1) is 8.86. The van der Waals surface area contributed by atoms with Crippen LogP contribution in [0.25, 0.3) is 10.9 Å². The fourth-order valence-electron chi connectivity index (χ4n) is 3.17. The van der Waals surface area contributed by atoms with E-state index < -0.39 is 0 Å². The van der Waals surface area contributed by atoms with Crippen molar-refractivity contribution < 1.29 is 0 Å². The van der Waals surface area contributed by atoms with E-state index in [0.717, 1.165) is 11.9 Å². The van der Waals surface area contributed by atoms with Gasteiger partial charge in [-0.2, -0.15) is 0 Å². The van der Waals surface area contributed by atoms with Gasteiger partial charge < -0.3 is 5.73 Å². The number of nitrogens with two attached hydrogens (primary N) is 1. The third-order valence-electron chi connectivity index (χ3n) is 4.15. The van der Waals surface area contributed by atoms with Crippen molar-refractivity contribution in [1.82, 2.24) is 4.98 Å². The molecule has 1 aliphatic carbocycles. The maximum absolute atomic E-state index is 6.38. The minimum absolute atomic E-state index is 0.304. The highest BCUT2D eigenvalue weighted by molar-refractivity contribution is 5.82. The number of rotatable bonds is 1. The largest absolute Gasteiger partial charge is 0.327 e. The van der Waals surface area contributed by atoms with E-state index in [1.54, 1.807) is 0 Å². The second kappa shape index (κ2) is 5.07. The molecule has 3 rings (SSSR count). The number of nitrogens with zero attached hydrogens (tertiary/aromatic N) is 1. The van der Waals surface area contributed by atoms with Crippen LogP contribution in [0.5, 0.6) is 0 Å². The predicted octanol–water partition coefficient (Wildman–Crippen LogP) is 3.61. The Bertz CT molecular complexity index is 530. The molecule has 1 fully saturated rings. The molecule has 0 bridgehead atoms. The third kappa shape index (κ3) is 2.13. The SMILES string of the molecule is NC1CCCCCC1c1cccc2ncccc12. The third-order valence-corrected chi connectivity index (χ3v) is 4.15. The van der Waals surface area contributed by atoms with Crippen LogP contribution in [-0.4, -0.2) is 11.0 Å². The summed E-state index contributed by atoms with van der Waals surface area (Å²) in [6, 6.07) is 10.9. The highest BCUT2D eigenvalue weighted by Gasteiger charge is 2.23. The summed E-state index contributed by atoms with van der Waals surface area (Å²) in [5.41, 5.74) is 8.87. The van der Waals surface area contributed by atoms with Crippen LogP contribution in [0.4, 0.5) is 0 Å². The monoisotopic (exact) mass is 240 g/mol. The fraction of sp³-hybridized carbons (Fsp3) is 0.438. The lowest BCUT2D eigenvalue weighted by Crippen LogP contribution is -2.27. The van der Waals surface area contributed by atoms with Crippen molar-refractivity contribution in [2.45, 2.75) is 44.1 Å². The van der Waals surface area contributed by atoms with E-state index in [-0.39, 0.29) is 0 Å². The number of pyridine rings is 1. The molecule has 1 aromatic heterocycles. The maximum atomic E-state index is 6.38. The van der Waals surface area contributed by atoms with Gasteiger partial charge in [0.05, 0.1) is 5.52 Å². The highest BCUT2D eigenvalue weighted by atomic mass is 14.7. The zero-order valence-electron chi connectivity index (χ0n) is 10.7. The first-order valence-electron chi connectivity index (χ1n) is 6.95. The van der Waals surface area contributed by atoms with Gasteiger partial charge in [0.25, 0.3) is 0 Å². The summed E-state index contributed by atoms with van der Waals surface area (Å²) >= 11 is 0.